The van der Waals surface area contributed by atoms with Crippen LogP contribution in [-0.2, 0) is 0 Å². The summed E-state index contributed by atoms with van der Waals surface area (Å²) in [6, 6.07) is 8.61. The van der Waals surface area contributed by atoms with Gasteiger partial charge in [-0.25, -0.2) is 4.39 Å². The molecule has 0 amide bonds. The molecule has 1 saturated heterocycles. The van der Waals surface area contributed by atoms with Crippen LogP contribution in [0.1, 0.15) is 29.1 Å². The molecule has 0 saturated carbocycles. The second kappa shape index (κ2) is 5.58. The normalized spacial score (nSPS) is 17.7. The molecule has 112 valence electrons. The van der Waals surface area contributed by atoms with E-state index in [1.54, 1.807) is 12.1 Å². The molecule has 1 aromatic heterocycles. The number of hydrogen-bond acceptors (Lipinski definition) is 3. The van der Waals surface area contributed by atoms with Crippen molar-refractivity contribution in [3.63, 3.8) is 0 Å². The van der Waals surface area contributed by atoms with Gasteiger partial charge in [-0.05, 0) is 37.6 Å². The maximum absolute atomic E-state index is 13.2. The van der Waals surface area contributed by atoms with E-state index in [1.165, 1.54) is 17.8 Å². The van der Waals surface area contributed by atoms with Crippen LogP contribution < -0.4 is 0 Å². The summed E-state index contributed by atoms with van der Waals surface area (Å²) >= 11 is 0. The van der Waals surface area contributed by atoms with Crippen molar-refractivity contribution in [1.82, 2.24) is 14.7 Å². The molecule has 0 aliphatic carbocycles. The molecule has 5 heteroatoms. The molecular formula is C16H20FN3O. The second-order valence-electron chi connectivity index (χ2n) is 5.81. The molecule has 4 nitrogen and oxygen atoms in total. The number of β-amino-alcohol motifs (C(OH)–C–C–N with tert-alkyl or cyclic N) is 1. The highest BCUT2D eigenvalue weighted by molar-refractivity contribution is 5.19. The first-order valence-corrected chi connectivity index (χ1v) is 7.21. The van der Waals surface area contributed by atoms with E-state index in [2.05, 4.69) is 27.7 Å². The van der Waals surface area contributed by atoms with Gasteiger partial charge in [-0.15, -0.1) is 0 Å². The number of aliphatic hydroxyl groups is 1. The van der Waals surface area contributed by atoms with E-state index in [-0.39, 0.29) is 5.82 Å². The van der Waals surface area contributed by atoms with Crippen LogP contribution >= 0.6 is 0 Å². The molecule has 0 radical (unpaired) electrons. The zero-order valence-electron chi connectivity index (χ0n) is 12.3. The minimum Gasteiger partial charge on any atom is -0.387 e. The largest absolute Gasteiger partial charge is 0.387 e. The Kier molecular flexibility index (Phi) is 3.78. The summed E-state index contributed by atoms with van der Waals surface area (Å²) in [5, 5.41) is 14.7. The number of halogens is 1. The molecule has 0 unspecified atom stereocenters. The summed E-state index contributed by atoms with van der Waals surface area (Å²) < 4.78 is 15.2. The Balaban J connectivity index is 1.56. The van der Waals surface area contributed by atoms with Crippen molar-refractivity contribution in [1.29, 1.82) is 0 Å². The third kappa shape index (κ3) is 2.99. The van der Waals surface area contributed by atoms with E-state index >= 15 is 0 Å². The Morgan fingerprint density at radius 2 is 2.10 bits per heavy atom. The molecule has 2 heterocycles. The monoisotopic (exact) mass is 289 g/mol. The van der Waals surface area contributed by atoms with Gasteiger partial charge < -0.3 is 5.11 Å². The fourth-order valence-corrected chi connectivity index (χ4v) is 2.93. The van der Waals surface area contributed by atoms with Crippen molar-refractivity contribution in [3.8, 4) is 0 Å². The Morgan fingerprint density at radius 1 is 1.33 bits per heavy atom. The quantitative estimate of drug-likeness (QED) is 0.938. The first-order chi connectivity index (χ1) is 10.0. The molecule has 2 aromatic rings. The third-order valence-corrected chi connectivity index (χ3v) is 3.99. The number of likely N-dealkylation sites (tertiary alicyclic amines) is 1. The molecule has 0 spiro atoms. The van der Waals surface area contributed by atoms with E-state index in [1.807, 2.05) is 6.92 Å². The van der Waals surface area contributed by atoms with Crippen molar-refractivity contribution in [2.24, 2.45) is 0 Å². The molecular weight excluding hydrogens is 269 g/mol. The van der Waals surface area contributed by atoms with Crippen molar-refractivity contribution in [3.05, 3.63) is 53.1 Å². The highest BCUT2D eigenvalue weighted by Crippen LogP contribution is 2.25. The van der Waals surface area contributed by atoms with Gasteiger partial charge in [0.1, 0.15) is 5.82 Å². The average molecular weight is 289 g/mol. The van der Waals surface area contributed by atoms with E-state index in [4.69, 9.17) is 0 Å². The summed E-state index contributed by atoms with van der Waals surface area (Å²) in [5.41, 5.74) is 2.83. The predicted octanol–water partition coefficient (Wildman–Crippen LogP) is 2.23. The molecule has 0 bridgehead atoms. The fourth-order valence-electron chi connectivity index (χ4n) is 2.93. The number of aromatic nitrogens is 2. The summed E-state index contributed by atoms with van der Waals surface area (Å²) in [4.78, 5) is 2.16. The maximum atomic E-state index is 13.2. The SMILES string of the molecule is Cc1cc(C)n(C2CN(C[C@H](O)c3cccc(F)c3)C2)n1. The van der Waals surface area contributed by atoms with Crippen molar-refractivity contribution in [2.75, 3.05) is 19.6 Å². The van der Waals surface area contributed by atoms with E-state index in [0.717, 1.165) is 18.8 Å². The van der Waals surface area contributed by atoms with Crippen LogP contribution in [0.15, 0.2) is 30.3 Å². The lowest BCUT2D eigenvalue weighted by Gasteiger charge is -2.40. The Hall–Kier alpha value is -1.72. The van der Waals surface area contributed by atoms with Gasteiger partial charge >= 0.3 is 0 Å². The summed E-state index contributed by atoms with van der Waals surface area (Å²) in [6.45, 7) is 6.32. The lowest BCUT2D eigenvalue weighted by molar-refractivity contribution is 0.0392. The van der Waals surface area contributed by atoms with Crippen LogP contribution in [-0.4, -0.2) is 39.4 Å². The van der Waals surface area contributed by atoms with Crippen LogP contribution in [0.25, 0.3) is 0 Å². The van der Waals surface area contributed by atoms with Crippen molar-refractivity contribution >= 4 is 0 Å². The smallest absolute Gasteiger partial charge is 0.123 e. The van der Waals surface area contributed by atoms with Crippen molar-refractivity contribution < 1.29 is 9.50 Å². The predicted molar refractivity (Wildman–Crippen MR) is 78.5 cm³/mol. The zero-order chi connectivity index (χ0) is 15.0. The van der Waals surface area contributed by atoms with Crippen LogP contribution in [0, 0.1) is 19.7 Å². The lowest BCUT2D eigenvalue weighted by Crippen LogP contribution is -2.49. The van der Waals surface area contributed by atoms with Crippen LogP contribution in [0.2, 0.25) is 0 Å². The van der Waals surface area contributed by atoms with Gasteiger partial charge in [0.25, 0.3) is 0 Å². The number of rotatable bonds is 4. The molecule has 1 aliphatic heterocycles. The number of aryl methyl sites for hydroxylation is 2. The van der Waals surface area contributed by atoms with Gasteiger partial charge in [0.05, 0.1) is 17.8 Å². The number of benzene rings is 1. The third-order valence-electron chi connectivity index (χ3n) is 3.99. The Labute approximate surface area is 123 Å². The summed E-state index contributed by atoms with van der Waals surface area (Å²) in [6.07, 6.45) is -0.651. The second-order valence-corrected chi connectivity index (χ2v) is 5.81. The van der Waals surface area contributed by atoms with Crippen LogP contribution in [0.5, 0.6) is 0 Å². The van der Waals surface area contributed by atoms with Gasteiger partial charge in [-0.1, -0.05) is 12.1 Å². The van der Waals surface area contributed by atoms with Crippen molar-refractivity contribution in [2.45, 2.75) is 26.0 Å². The van der Waals surface area contributed by atoms with E-state index in [0.29, 0.717) is 18.2 Å². The van der Waals surface area contributed by atoms with E-state index in [9.17, 15) is 9.50 Å². The van der Waals surface area contributed by atoms with E-state index < -0.39 is 6.10 Å². The standard InChI is InChI=1S/C16H20FN3O/c1-11-6-12(2)20(18-11)15-8-19(9-15)10-16(21)13-4-3-5-14(17)7-13/h3-7,15-16,21H,8-10H2,1-2H3/t16-/m0/s1. The molecule has 1 aliphatic rings. The molecule has 1 aromatic carbocycles. The highest BCUT2D eigenvalue weighted by Gasteiger charge is 2.31. The minimum atomic E-state index is -0.651. The first-order valence-electron chi connectivity index (χ1n) is 7.21. The molecule has 3 rings (SSSR count). The lowest BCUT2D eigenvalue weighted by atomic mass is 10.0. The maximum Gasteiger partial charge on any atom is 0.123 e. The van der Waals surface area contributed by atoms with Gasteiger partial charge in [0.2, 0.25) is 0 Å². The molecule has 1 N–H and O–H groups in total. The van der Waals surface area contributed by atoms with Gasteiger partial charge in [-0.3, -0.25) is 9.58 Å². The molecule has 1 fully saturated rings. The molecule has 1 atom stereocenters. The Morgan fingerprint density at radius 3 is 2.71 bits per heavy atom. The van der Waals surface area contributed by atoms with Gasteiger partial charge in [0.15, 0.2) is 0 Å². The highest BCUT2D eigenvalue weighted by atomic mass is 19.1. The summed E-state index contributed by atoms with van der Waals surface area (Å²) in [5.74, 6) is -0.310. The Bertz CT molecular complexity index is 634. The average Bonchev–Trinajstić information content (AvgIpc) is 2.72. The fraction of sp³-hybridized carbons (Fsp3) is 0.438. The van der Waals surface area contributed by atoms with Gasteiger partial charge in [0, 0.05) is 25.3 Å². The van der Waals surface area contributed by atoms with Gasteiger partial charge in [-0.2, -0.15) is 5.10 Å². The number of hydrogen-bond donors (Lipinski definition) is 1. The number of aliphatic hydroxyl groups excluding tert-OH is 1. The zero-order valence-corrected chi connectivity index (χ0v) is 12.3. The number of nitrogens with zero attached hydrogens (tertiary/aromatic N) is 3. The van der Waals surface area contributed by atoms with Crippen LogP contribution in [0.3, 0.4) is 0 Å². The summed E-state index contributed by atoms with van der Waals surface area (Å²) in [7, 11) is 0. The minimum absolute atomic E-state index is 0.310. The first kappa shape index (κ1) is 14.2. The topological polar surface area (TPSA) is 41.3 Å². The van der Waals surface area contributed by atoms with Crippen LogP contribution in [0.4, 0.5) is 4.39 Å². The molecule has 21 heavy (non-hydrogen) atoms.